The number of hydrogen-bond acceptors (Lipinski definition) is 4. The zero-order chi connectivity index (χ0) is 11.5. The van der Waals surface area contributed by atoms with Crippen LogP contribution in [0.1, 0.15) is 32.6 Å². The predicted octanol–water partition coefficient (Wildman–Crippen LogP) is 0.784. The fraction of sp³-hybridized carbons (Fsp3) is 0.800. The van der Waals surface area contributed by atoms with Gasteiger partial charge in [0.05, 0.1) is 6.61 Å². The average Bonchev–Trinajstić information content (AvgIpc) is 2.16. The van der Waals surface area contributed by atoms with Gasteiger partial charge in [0.2, 0.25) is 0 Å². The van der Waals surface area contributed by atoms with Crippen molar-refractivity contribution in [2.75, 3.05) is 19.7 Å². The third-order valence-electron chi connectivity index (χ3n) is 1.78. The number of carboxylic acid groups (broad SMARTS) is 1. The number of esters is 1. The predicted molar refractivity (Wildman–Crippen MR) is 55.6 cm³/mol. The molecule has 0 aliphatic carbocycles. The highest BCUT2D eigenvalue weighted by atomic mass is 16.5. The van der Waals surface area contributed by atoms with Gasteiger partial charge in [-0.3, -0.25) is 9.59 Å². The van der Waals surface area contributed by atoms with Crippen molar-refractivity contribution in [3.8, 4) is 0 Å². The van der Waals surface area contributed by atoms with Crippen molar-refractivity contribution in [2.45, 2.75) is 32.6 Å². The van der Waals surface area contributed by atoms with Crippen molar-refractivity contribution in [2.24, 2.45) is 0 Å². The molecular weight excluding hydrogens is 198 g/mol. The van der Waals surface area contributed by atoms with Crippen LogP contribution >= 0.6 is 0 Å². The van der Waals surface area contributed by atoms with Gasteiger partial charge in [-0.15, -0.1) is 0 Å². The molecule has 0 aliphatic heterocycles. The van der Waals surface area contributed by atoms with Gasteiger partial charge in [-0.05, 0) is 32.9 Å². The largest absolute Gasteiger partial charge is 0.481 e. The Balaban J connectivity index is 3.11. The summed E-state index contributed by atoms with van der Waals surface area (Å²) in [5.41, 5.74) is 0. The van der Waals surface area contributed by atoms with Crippen molar-refractivity contribution in [3.05, 3.63) is 0 Å². The second-order valence-corrected chi connectivity index (χ2v) is 3.16. The highest BCUT2D eigenvalue weighted by Gasteiger charge is 2.00. The Morgan fingerprint density at radius 3 is 2.33 bits per heavy atom. The van der Waals surface area contributed by atoms with E-state index in [2.05, 4.69) is 5.32 Å². The Morgan fingerprint density at radius 1 is 1.20 bits per heavy atom. The topological polar surface area (TPSA) is 75.6 Å². The Labute approximate surface area is 89.8 Å². The molecule has 0 heterocycles. The van der Waals surface area contributed by atoms with Crippen LogP contribution in [0.5, 0.6) is 0 Å². The second-order valence-electron chi connectivity index (χ2n) is 3.16. The first-order chi connectivity index (χ1) is 7.16. The van der Waals surface area contributed by atoms with Crippen LogP contribution in [0.4, 0.5) is 0 Å². The van der Waals surface area contributed by atoms with Crippen molar-refractivity contribution in [1.82, 2.24) is 5.32 Å². The van der Waals surface area contributed by atoms with Gasteiger partial charge < -0.3 is 15.2 Å². The standard InChI is InChI=1S/C10H19NO4/c1-2-15-10(14)6-4-8-11-7-3-5-9(12)13/h11H,2-8H2,1H3,(H,12,13). The first kappa shape index (κ1) is 13.9. The van der Waals surface area contributed by atoms with E-state index in [4.69, 9.17) is 9.84 Å². The van der Waals surface area contributed by atoms with E-state index in [1.807, 2.05) is 0 Å². The van der Waals surface area contributed by atoms with Gasteiger partial charge in [-0.2, -0.15) is 0 Å². The molecule has 0 saturated heterocycles. The Kier molecular flexibility index (Phi) is 8.76. The van der Waals surface area contributed by atoms with E-state index in [-0.39, 0.29) is 12.4 Å². The molecule has 0 atom stereocenters. The lowest BCUT2D eigenvalue weighted by molar-refractivity contribution is -0.143. The van der Waals surface area contributed by atoms with Gasteiger partial charge in [0, 0.05) is 12.8 Å². The highest BCUT2D eigenvalue weighted by molar-refractivity contribution is 5.69. The van der Waals surface area contributed by atoms with Crippen molar-refractivity contribution in [3.63, 3.8) is 0 Å². The Morgan fingerprint density at radius 2 is 1.80 bits per heavy atom. The van der Waals surface area contributed by atoms with Gasteiger partial charge in [-0.1, -0.05) is 0 Å². The zero-order valence-electron chi connectivity index (χ0n) is 9.12. The number of carbonyl (C=O) groups excluding carboxylic acids is 1. The lowest BCUT2D eigenvalue weighted by Gasteiger charge is -2.03. The van der Waals surface area contributed by atoms with E-state index in [9.17, 15) is 9.59 Å². The highest BCUT2D eigenvalue weighted by Crippen LogP contribution is 1.92. The third kappa shape index (κ3) is 10.8. The van der Waals surface area contributed by atoms with E-state index in [0.29, 0.717) is 26.0 Å². The van der Waals surface area contributed by atoms with Crippen LogP contribution < -0.4 is 5.32 Å². The first-order valence-corrected chi connectivity index (χ1v) is 5.25. The third-order valence-corrected chi connectivity index (χ3v) is 1.78. The minimum absolute atomic E-state index is 0.176. The molecular formula is C10H19NO4. The van der Waals surface area contributed by atoms with Crippen LogP contribution in [0.25, 0.3) is 0 Å². The van der Waals surface area contributed by atoms with Gasteiger partial charge in [0.1, 0.15) is 0 Å². The van der Waals surface area contributed by atoms with Crippen molar-refractivity contribution in [1.29, 1.82) is 0 Å². The smallest absolute Gasteiger partial charge is 0.305 e. The number of carbonyl (C=O) groups is 2. The summed E-state index contributed by atoms with van der Waals surface area (Å²) in [6, 6.07) is 0. The van der Waals surface area contributed by atoms with Crippen LogP contribution in [-0.4, -0.2) is 36.7 Å². The maximum Gasteiger partial charge on any atom is 0.305 e. The number of carboxylic acids is 1. The lowest BCUT2D eigenvalue weighted by atomic mass is 10.3. The minimum atomic E-state index is -0.775. The summed E-state index contributed by atoms with van der Waals surface area (Å²) < 4.78 is 4.76. The van der Waals surface area contributed by atoms with Gasteiger partial charge in [0.15, 0.2) is 0 Å². The van der Waals surface area contributed by atoms with E-state index in [1.165, 1.54) is 0 Å². The molecule has 15 heavy (non-hydrogen) atoms. The van der Waals surface area contributed by atoms with Crippen molar-refractivity contribution < 1.29 is 19.4 Å². The summed E-state index contributed by atoms with van der Waals surface area (Å²) in [4.78, 5) is 21.1. The van der Waals surface area contributed by atoms with Crippen LogP contribution in [0.2, 0.25) is 0 Å². The summed E-state index contributed by atoms with van der Waals surface area (Å²) in [6.07, 6.45) is 1.95. The molecule has 0 aromatic rings. The molecule has 0 saturated carbocycles. The van der Waals surface area contributed by atoms with Gasteiger partial charge in [-0.25, -0.2) is 0 Å². The quantitative estimate of drug-likeness (QED) is 0.441. The van der Waals surface area contributed by atoms with Crippen LogP contribution in [0, 0.1) is 0 Å². The van der Waals surface area contributed by atoms with E-state index >= 15 is 0 Å². The van der Waals surface area contributed by atoms with Gasteiger partial charge >= 0.3 is 11.9 Å². The molecule has 0 spiro atoms. The maximum atomic E-state index is 10.9. The number of nitrogens with one attached hydrogen (secondary N) is 1. The maximum absolute atomic E-state index is 10.9. The fourth-order valence-electron chi connectivity index (χ4n) is 1.08. The minimum Gasteiger partial charge on any atom is -0.481 e. The lowest BCUT2D eigenvalue weighted by Crippen LogP contribution is -2.18. The van der Waals surface area contributed by atoms with Crippen molar-refractivity contribution >= 4 is 11.9 Å². The molecule has 0 aliphatic rings. The van der Waals surface area contributed by atoms with Gasteiger partial charge in [0.25, 0.3) is 0 Å². The first-order valence-electron chi connectivity index (χ1n) is 5.25. The molecule has 2 N–H and O–H groups in total. The summed E-state index contributed by atoms with van der Waals surface area (Å²) in [6.45, 7) is 3.60. The summed E-state index contributed by atoms with van der Waals surface area (Å²) >= 11 is 0. The summed E-state index contributed by atoms with van der Waals surface area (Å²) in [5.74, 6) is -0.951. The average molecular weight is 217 g/mol. The van der Waals surface area contributed by atoms with Crippen LogP contribution in [-0.2, 0) is 14.3 Å². The number of hydrogen-bond donors (Lipinski definition) is 2. The summed E-state index contributed by atoms with van der Waals surface area (Å²) in [7, 11) is 0. The molecule has 0 aromatic heterocycles. The van der Waals surface area contributed by atoms with Crippen LogP contribution in [0.3, 0.4) is 0 Å². The molecule has 5 heteroatoms. The molecule has 88 valence electrons. The molecule has 0 rings (SSSR count). The van der Waals surface area contributed by atoms with E-state index < -0.39 is 5.97 Å². The van der Waals surface area contributed by atoms with E-state index in [1.54, 1.807) is 6.92 Å². The Hall–Kier alpha value is -1.10. The molecule has 0 fully saturated rings. The SMILES string of the molecule is CCOC(=O)CCCNCCCC(=O)O. The summed E-state index contributed by atoms with van der Waals surface area (Å²) in [5, 5.41) is 11.4. The molecule has 0 radical (unpaired) electrons. The fourth-order valence-corrected chi connectivity index (χ4v) is 1.08. The molecule has 0 amide bonds. The van der Waals surface area contributed by atoms with E-state index in [0.717, 1.165) is 13.0 Å². The zero-order valence-corrected chi connectivity index (χ0v) is 9.12. The second kappa shape index (κ2) is 9.45. The molecule has 0 unspecified atom stereocenters. The normalized spacial score (nSPS) is 9.93. The number of ether oxygens (including phenoxy) is 1. The monoisotopic (exact) mass is 217 g/mol. The number of aliphatic carboxylic acids is 1. The molecule has 0 bridgehead atoms. The number of rotatable bonds is 9. The molecule has 5 nitrogen and oxygen atoms in total. The Bertz CT molecular complexity index is 194. The van der Waals surface area contributed by atoms with Crippen LogP contribution in [0.15, 0.2) is 0 Å². The molecule has 0 aromatic carbocycles.